The van der Waals surface area contributed by atoms with Crippen LogP contribution in [-0.4, -0.2) is 30.0 Å². The van der Waals surface area contributed by atoms with Crippen molar-refractivity contribution in [1.29, 1.82) is 0 Å². The maximum absolute atomic E-state index is 11.8. The molecular formula is C10H17KO5S. The Bertz CT molecular complexity index is 416. The Labute approximate surface area is 144 Å². The van der Waals surface area contributed by atoms with Gasteiger partial charge < -0.3 is 10.0 Å². The minimum Gasteiger partial charge on any atom is -0.748 e. The molecule has 0 heterocycles. The number of rotatable bonds is 2. The largest absolute Gasteiger partial charge is 1.00 e. The number of carbonyl (C=O) groups excluding carboxylic acids is 1. The standard InChI is InChI=1S/C10H16O4S.K.H2O/c1-9(2)7-3-4-10(9,8(11)5-7)6-15(12,13)14;;/h7H,3-6H2,1-2H3,(H,12,13,14);;1H2/q;+1;/p-1. The smallest absolute Gasteiger partial charge is 0.748 e. The van der Waals surface area contributed by atoms with Gasteiger partial charge in [0.05, 0.1) is 15.9 Å². The Morgan fingerprint density at radius 3 is 2.24 bits per heavy atom. The van der Waals surface area contributed by atoms with Crippen LogP contribution in [0.3, 0.4) is 0 Å². The summed E-state index contributed by atoms with van der Waals surface area (Å²) in [5.74, 6) is -0.280. The van der Waals surface area contributed by atoms with E-state index in [-0.39, 0.29) is 74.0 Å². The van der Waals surface area contributed by atoms with E-state index in [9.17, 15) is 17.8 Å². The molecule has 2 saturated carbocycles. The van der Waals surface area contributed by atoms with Crippen LogP contribution in [-0.2, 0) is 14.9 Å². The number of fused-ring (bicyclic) bond motifs is 2. The SMILES string of the molecule is CC1(C)C2CCC1(CS(=O)(=O)[O-])C(=O)C2.O.[K+]. The second-order valence-corrected chi connectivity index (χ2v) is 6.77. The Morgan fingerprint density at radius 2 is 1.94 bits per heavy atom. The predicted molar refractivity (Wildman–Crippen MR) is 56.7 cm³/mol. The topological polar surface area (TPSA) is 106 Å². The molecule has 5 nitrogen and oxygen atoms in total. The molecule has 2 aliphatic rings. The Balaban J connectivity index is 0.00000128. The first-order chi connectivity index (χ1) is 6.69. The molecule has 7 heteroatoms. The van der Waals surface area contributed by atoms with Crippen LogP contribution >= 0.6 is 0 Å². The molecule has 0 aliphatic heterocycles. The molecule has 0 aromatic carbocycles. The van der Waals surface area contributed by atoms with Crippen molar-refractivity contribution < 1.29 is 74.6 Å². The molecule has 2 aliphatic carbocycles. The molecule has 0 radical (unpaired) electrons. The van der Waals surface area contributed by atoms with E-state index in [1.165, 1.54) is 0 Å². The van der Waals surface area contributed by atoms with Crippen molar-refractivity contribution in [2.75, 3.05) is 5.75 Å². The summed E-state index contributed by atoms with van der Waals surface area (Å²) in [6, 6.07) is 0. The van der Waals surface area contributed by atoms with E-state index in [2.05, 4.69) is 0 Å². The van der Waals surface area contributed by atoms with Crippen molar-refractivity contribution in [1.82, 2.24) is 0 Å². The van der Waals surface area contributed by atoms with Crippen molar-refractivity contribution in [3.8, 4) is 0 Å². The molecule has 0 spiro atoms. The third-order valence-corrected chi connectivity index (χ3v) is 5.41. The van der Waals surface area contributed by atoms with E-state index in [0.29, 0.717) is 12.8 Å². The van der Waals surface area contributed by atoms with Gasteiger partial charge in [0.25, 0.3) is 0 Å². The van der Waals surface area contributed by atoms with Crippen LogP contribution in [0.2, 0.25) is 0 Å². The fourth-order valence-corrected chi connectivity index (χ4v) is 4.69. The molecule has 94 valence electrons. The monoisotopic (exact) mass is 288 g/mol. The number of carbonyl (C=O) groups is 1. The van der Waals surface area contributed by atoms with Gasteiger partial charge in [0.15, 0.2) is 0 Å². The van der Waals surface area contributed by atoms with Gasteiger partial charge in [-0.2, -0.15) is 0 Å². The summed E-state index contributed by atoms with van der Waals surface area (Å²) in [5.41, 5.74) is -1.22. The normalized spacial score (nSPS) is 34.1. The summed E-state index contributed by atoms with van der Waals surface area (Å²) in [6.45, 7) is 3.83. The van der Waals surface area contributed by atoms with Crippen LogP contribution in [0.1, 0.15) is 33.1 Å². The number of hydrogen-bond acceptors (Lipinski definition) is 4. The van der Waals surface area contributed by atoms with Gasteiger partial charge in [0.1, 0.15) is 5.78 Å². The van der Waals surface area contributed by atoms with Gasteiger partial charge in [-0.05, 0) is 24.2 Å². The van der Waals surface area contributed by atoms with Crippen LogP contribution in [0.5, 0.6) is 0 Å². The van der Waals surface area contributed by atoms with Crippen molar-refractivity contribution in [2.45, 2.75) is 33.1 Å². The zero-order chi connectivity index (χ0) is 11.5. The summed E-state index contributed by atoms with van der Waals surface area (Å²) in [6.07, 6.45) is 1.88. The van der Waals surface area contributed by atoms with Gasteiger partial charge in [0.2, 0.25) is 0 Å². The Morgan fingerprint density at radius 1 is 1.41 bits per heavy atom. The molecule has 0 aromatic heterocycles. The zero-order valence-electron chi connectivity index (χ0n) is 10.4. The molecule has 2 atom stereocenters. The quantitative estimate of drug-likeness (QED) is 0.401. The van der Waals surface area contributed by atoms with E-state index in [1.54, 1.807) is 0 Å². The number of Topliss-reactive ketones (excluding diaryl/α,β-unsaturated/α-hetero) is 1. The fourth-order valence-electron chi connectivity index (χ4n) is 3.41. The minimum absolute atomic E-state index is 0. The van der Waals surface area contributed by atoms with Crippen molar-refractivity contribution in [3.63, 3.8) is 0 Å². The average Bonchev–Trinajstić information content (AvgIpc) is 2.34. The molecule has 2 fully saturated rings. The summed E-state index contributed by atoms with van der Waals surface area (Å²) in [5, 5.41) is 0. The molecule has 2 rings (SSSR count). The molecule has 0 amide bonds. The van der Waals surface area contributed by atoms with E-state index in [1.807, 2.05) is 13.8 Å². The molecule has 2 N–H and O–H groups in total. The third kappa shape index (κ3) is 2.71. The van der Waals surface area contributed by atoms with Crippen LogP contribution < -0.4 is 51.4 Å². The summed E-state index contributed by atoms with van der Waals surface area (Å²) >= 11 is 0. The second kappa shape index (κ2) is 5.28. The Hall–Kier alpha value is 1.18. The molecular weight excluding hydrogens is 271 g/mol. The molecule has 2 bridgehead atoms. The second-order valence-electron chi connectivity index (χ2n) is 5.37. The molecule has 17 heavy (non-hydrogen) atoms. The number of hydrogen-bond donors (Lipinski definition) is 0. The molecule has 0 aromatic rings. The number of ketones is 1. The average molecular weight is 288 g/mol. The van der Waals surface area contributed by atoms with Gasteiger partial charge >= 0.3 is 51.4 Å². The van der Waals surface area contributed by atoms with Crippen LogP contribution in [0, 0.1) is 16.7 Å². The maximum atomic E-state index is 11.8. The molecule has 0 saturated heterocycles. The van der Waals surface area contributed by atoms with E-state index in [4.69, 9.17) is 0 Å². The summed E-state index contributed by atoms with van der Waals surface area (Å²) < 4.78 is 32.7. The maximum Gasteiger partial charge on any atom is 1.00 e. The Kier molecular flexibility index (Phi) is 5.65. The van der Waals surface area contributed by atoms with Gasteiger partial charge in [-0.15, -0.1) is 0 Å². The van der Waals surface area contributed by atoms with Crippen molar-refractivity contribution in [3.05, 3.63) is 0 Å². The van der Waals surface area contributed by atoms with Crippen LogP contribution in [0.4, 0.5) is 0 Å². The van der Waals surface area contributed by atoms with E-state index in [0.717, 1.165) is 6.42 Å². The first-order valence-electron chi connectivity index (χ1n) is 5.16. The minimum atomic E-state index is -4.33. The van der Waals surface area contributed by atoms with E-state index >= 15 is 0 Å². The van der Waals surface area contributed by atoms with Gasteiger partial charge in [-0.3, -0.25) is 4.79 Å². The molecule has 2 unspecified atom stereocenters. The third-order valence-electron chi connectivity index (χ3n) is 4.56. The van der Waals surface area contributed by atoms with Crippen LogP contribution in [0.15, 0.2) is 0 Å². The van der Waals surface area contributed by atoms with Gasteiger partial charge in [-0.1, -0.05) is 13.8 Å². The predicted octanol–water partition coefficient (Wildman–Crippen LogP) is -2.89. The fraction of sp³-hybridized carbons (Fsp3) is 0.900. The van der Waals surface area contributed by atoms with Gasteiger partial charge in [-0.25, -0.2) is 8.42 Å². The van der Waals surface area contributed by atoms with E-state index < -0.39 is 21.3 Å². The summed E-state index contributed by atoms with van der Waals surface area (Å²) in [4.78, 5) is 11.8. The first kappa shape index (κ1) is 18.2. The first-order valence-corrected chi connectivity index (χ1v) is 6.74. The van der Waals surface area contributed by atoms with Crippen molar-refractivity contribution >= 4 is 15.9 Å². The van der Waals surface area contributed by atoms with Gasteiger partial charge in [0, 0.05) is 11.8 Å². The van der Waals surface area contributed by atoms with Crippen LogP contribution in [0.25, 0.3) is 0 Å². The summed E-state index contributed by atoms with van der Waals surface area (Å²) in [7, 11) is -4.33. The zero-order valence-corrected chi connectivity index (χ0v) is 14.4. The van der Waals surface area contributed by atoms with Crippen molar-refractivity contribution in [2.24, 2.45) is 16.7 Å².